The average Bonchev–Trinajstić information content (AvgIpc) is 3.35. The first-order chi connectivity index (χ1) is 17.5. The fraction of sp³-hybridized carbons (Fsp3) is 0.391. The molecule has 1 aromatic heterocycles. The van der Waals surface area contributed by atoms with E-state index in [2.05, 4.69) is 16.0 Å². The SMILES string of the molecule is O=C(O)C(F)(F)F.O=C(O)C(F)(F)F.O=C1CC2(CCN(Cc3cccnc3)C2)CN1c1cccc(F)c1. The number of hydrogen-bond acceptors (Lipinski definition) is 5. The predicted octanol–water partition coefficient (Wildman–Crippen LogP) is 4.12. The third-order valence-electron chi connectivity index (χ3n) is 5.57. The lowest BCUT2D eigenvalue weighted by molar-refractivity contribution is -0.193. The zero-order chi connectivity index (χ0) is 28.7. The first-order valence-electron chi connectivity index (χ1n) is 10.8. The van der Waals surface area contributed by atoms with E-state index in [1.807, 2.05) is 18.3 Å². The third-order valence-corrected chi connectivity index (χ3v) is 5.57. The highest BCUT2D eigenvalue weighted by Gasteiger charge is 2.47. The van der Waals surface area contributed by atoms with Crippen molar-refractivity contribution in [1.29, 1.82) is 0 Å². The summed E-state index contributed by atoms with van der Waals surface area (Å²) in [6, 6.07) is 10.3. The number of benzene rings is 1. The number of carboxylic acids is 2. The van der Waals surface area contributed by atoms with Crippen LogP contribution in [0.3, 0.4) is 0 Å². The van der Waals surface area contributed by atoms with E-state index in [1.54, 1.807) is 17.2 Å². The van der Waals surface area contributed by atoms with Gasteiger partial charge >= 0.3 is 24.3 Å². The summed E-state index contributed by atoms with van der Waals surface area (Å²) in [7, 11) is 0. The Hall–Kier alpha value is -3.75. The van der Waals surface area contributed by atoms with Crippen LogP contribution in [0.5, 0.6) is 0 Å². The summed E-state index contributed by atoms with van der Waals surface area (Å²) >= 11 is 0. The van der Waals surface area contributed by atoms with Gasteiger partial charge in [-0.3, -0.25) is 14.7 Å². The number of carbonyl (C=O) groups is 3. The fourth-order valence-electron chi connectivity index (χ4n) is 3.96. The Labute approximate surface area is 211 Å². The first kappa shape index (κ1) is 30.5. The number of carboxylic acid groups (broad SMARTS) is 2. The summed E-state index contributed by atoms with van der Waals surface area (Å²) in [6.45, 7) is 3.43. The minimum Gasteiger partial charge on any atom is -0.475 e. The molecular weight excluding hydrogens is 531 g/mol. The molecule has 2 aromatic rings. The summed E-state index contributed by atoms with van der Waals surface area (Å²) in [6.07, 6.45) is -4.94. The van der Waals surface area contributed by atoms with E-state index in [0.717, 1.165) is 26.1 Å². The molecule has 1 amide bonds. The van der Waals surface area contributed by atoms with Gasteiger partial charge in [-0.2, -0.15) is 26.3 Å². The van der Waals surface area contributed by atoms with Crippen LogP contribution >= 0.6 is 0 Å². The maximum atomic E-state index is 13.5. The molecule has 2 aliphatic heterocycles. The number of pyridine rings is 1. The van der Waals surface area contributed by atoms with Gasteiger partial charge < -0.3 is 15.1 Å². The zero-order valence-electron chi connectivity index (χ0n) is 19.5. The predicted molar refractivity (Wildman–Crippen MR) is 117 cm³/mol. The van der Waals surface area contributed by atoms with Crippen molar-refractivity contribution in [2.45, 2.75) is 31.7 Å². The fourth-order valence-corrected chi connectivity index (χ4v) is 3.96. The van der Waals surface area contributed by atoms with Gasteiger partial charge in [0, 0.05) is 49.6 Å². The lowest BCUT2D eigenvalue weighted by Crippen LogP contribution is -2.31. The Bertz CT molecular complexity index is 1100. The normalized spacial score (nSPS) is 19.4. The number of anilines is 1. The van der Waals surface area contributed by atoms with E-state index in [-0.39, 0.29) is 17.1 Å². The number of nitrogens with zero attached hydrogens (tertiary/aromatic N) is 3. The van der Waals surface area contributed by atoms with Crippen molar-refractivity contribution in [3.63, 3.8) is 0 Å². The minimum absolute atomic E-state index is 0.00832. The molecule has 0 saturated carbocycles. The highest BCUT2D eigenvalue weighted by molar-refractivity contribution is 5.96. The van der Waals surface area contributed by atoms with Crippen LogP contribution in [0, 0.1) is 11.2 Å². The van der Waals surface area contributed by atoms with Gasteiger partial charge in [0.25, 0.3) is 0 Å². The van der Waals surface area contributed by atoms with Crippen molar-refractivity contribution in [3.8, 4) is 0 Å². The van der Waals surface area contributed by atoms with Gasteiger partial charge in [0.15, 0.2) is 0 Å². The molecule has 2 N–H and O–H groups in total. The smallest absolute Gasteiger partial charge is 0.475 e. The molecule has 0 aliphatic carbocycles. The van der Waals surface area contributed by atoms with Crippen molar-refractivity contribution in [2.24, 2.45) is 5.41 Å². The number of aromatic nitrogens is 1. The second-order valence-corrected chi connectivity index (χ2v) is 8.56. The first-order valence-corrected chi connectivity index (χ1v) is 10.8. The Morgan fingerprint density at radius 3 is 2.08 bits per heavy atom. The van der Waals surface area contributed by atoms with E-state index in [4.69, 9.17) is 19.8 Å². The molecule has 0 radical (unpaired) electrons. The van der Waals surface area contributed by atoms with Gasteiger partial charge in [0.1, 0.15) is 5.82 Å². The molecular formula is C23H22F7N3O5. The van der Waals surface area contributed by atoms with Gasteiger partial charge in [-0.25, -0.2) is 14.0 Å². The van der Waals surface area contributed by atoms with E-state index >= 15 is 0 Å². The number of alkyl halides is 6. The molecule has 2 aliphatic rings. The quantitative estimate of drug-likeness (QED) is 0.551. The maximum absolute atomic E-state index is 13.5. The van der Waals surface area contributed by atoms with Gasteiger partial charge in [0.2, 0.25) is 5.91 Å². The van der Waals surface area contributed by atoms with E-state index < -0.39 is 24.3 Å². The van der Waals surface area contributed by atoms with E-state index in [0.29, 0.717) is 18.7 Å². The Morgan fingerprint density at radius 2 is 1.58 bits per heavy atom. The summed E-state index contributed by atoms with van der Waals surface area (Å²) < 4.78 is 76.9. The number of rotatable bonds is 3. The monoisotopic (exact) mass is 553 g/mol. The summed E-state index contributed by atoms with van der Waals surface area (Å²) in [5.41, 5.74) is 1.86. The van der Waals surface area contributed by atoms with Crippen molar-refractivity contribution in [2.75, 3.05) is 24.5 Å². The highest BCUT2D eigenvalue weighted by Crippen LogP contribution is 2.42. The topological polar surface area (TPSA) is 111 Å². The van der Waals surface area contributed by atoms with Gasteiger partial charge in [-0.15, -0.1) is 0 Å². The Kier molecular flexibility index (Phi) is 9.78. The van der Waals surface area contributed by atoms with Crippen molar-refractivity contribution in [1.82, 2.24) is 9.88 Å². The molecule has 2 fully saturated rings. The maximum Gasteiger partial charge on any atom is 0.490 e. The number of carbonyl (C=O) groups excluding carboxylic acids is 1. The number of amides is 1. The summed E-state index contributed by atoms with van der Waals surface area (Å²) in [4.78, 5) is 38.6. The van der Waals surface area contributed by atoms with Crippen molar-refractivity contribution >= 4 is 23.5 Å². The lowest BCUT2D eigenvalue weighted by Gasteiger charge is -2.24. The second-order valence-electron chi connectivity index (χ2n) is 8.56. The van der Waals surface area contributed by atoms with Gasteiger partial charge in [0.05, 0.1) is 0 Å². The van der Waals surface area contributed by atoms with Crippen LogP contribution in [0.2, 0.25) is 0 Å². The molecule has 38 heavy (non-hydrogen) atoms. The molecule has 8 nitrogen and oxygen atoms in total. The zero-order valence-corrected chi connectivity index (χ0v) is 19.5. The van der Waals surface area contributed by atoms with Gasteiger partial charge in [-0.05, 0) is 42.8 Å². The van der Waals surface area contributed by atoms with Crippen LogP contribution in [-0.2, 0) is 20.9 Å². The van der Waals surface area contributed by atoms with Crippen molar-refractivity contribution < 1.29 is 55.3 Å². The molecule has 208 valence electrons. The lowest BCUT2D eigenvalue weighted by atomic mass is 9.86. The van der Waals surface area contributed by atoms with Crippen LogP contribution in [0.25, 0.3) is 0 Å². The molecule has 1 aromatic carbocycles. The van der Waals surface area contributed by atoms with E-state index in [1.165, 1.54) is 17.7 Å². The molecule has 1 unspecified atom stereocenters. The van der Waals surface area contributed by atoms with Crippen LogP contribution in [0.15, 0.2) is 48.8 Å². The van der Waals surface area contributed by atoms with Crippen LogP contribution in [-0.4, -0.2) is 69.9 Å². The average molecular weight is 553 g/mol. The highest BCUT2D eigenvalue weighted by atomic mass is 19.4. The molecule has 4 rings (SSSR count). The van der Waals surface area contributed by atoms with Crippen LogP contribution in [0.4, 0.5) is 36.4 Å². The molecule has 15 heteroatoms. The number of halogens is 7. The minimum atomic E-state index is -5.08. The van der Waals surface area contributed by atoms with Crippen LogP contribution < -0.4 is 4.90 Å². The molecule has 1 spiro atoms. The largest absolute Gasteiger partial charge is 0.490 e. The second kappa shape index (κ2) is 12.2. The number of hydrogen-bond donors (Lipinski definition) is 2. The summed E-state index contributed by atoms with van der Waals surface area (Å²) in [5.74, 6) is -5.71. The van der Waals surface area contributed by atoms with Gasteiger partial charge in [-0.1, -0.05) is 12.1 Å². The van der Waals surface area contributed by atoms with Crippen molar-refractivity contribution in [3.05, 3.63) is 60.2 Å². The van der Waals surface area contributed by atoms with Crippen LogP contribution in [0.1, 0.15) is 18.4 Å². The molecule has 0 bridgehead atoms. The van der Waals surface area contributed by atoms with E-state index in [9.17, 15) is 35.5 Å². The number of likely N-dealkylation sites (tertiary alicyclic amines) is 1. The molecule has 1 atom stereocenters. The molecule has 3 heterocycles. The summed E-state index contributed by atoms with van der Waals surface area (Å²) in [5, 5.41) is 14.2. The standard InChI is InChI=1S/C19H20FN3O.2C2HF3O2/c20-16-4-1-5-17(9-16)23-14-19(10-18(23)24)6-8-22(13-19)12-15-3-2-7-21-11-15;2*3-2(4,5)1(6)7/h1-5,7,9,11H,6,8,10,12-14H2;2*(H,6,7). The number of aliphatic carboxylic acids is 2. The Balaban J connectivity index is 0.000000301. The Morgan fingerprint density at radius 1 is 0.974 bits per heavy atom. The third kappa shape index (κ3) is 8.97. The molecule has 2 saturated heterocycles.